The number of fused-ring (bicyclic) bond motifs is 1. The summed E-state index contributed by atoms with van der Waals surface area (Å²) in [5.74, 6) is 0.0568. The van der Waals surface area contributed by atoms with Crippen LogP contribution in [0, 0.1) is 5.92 Å². The molecule has 23 heavy (non-hydrogen) atoms. The van der Waals surface area contributed by atoms with Crippen molar-refractivity contribution in [2.24, 2.45) is 5.92 Å². The second-order valence-electron chi connectivity index (χ2n) is 5.20. The molecule has 3 rings (SSSR count). The van der Waals surface area contributed by atoms with Gasteiger partial charge in [0, 0.05) is 5.92 Å². The standard InChI is InChI=1S/C12H16N5O5P/c1-5-8(18)6(3-21-23-19)22-11(5)17-4-14-7-9(17)15-12(13)16-10(7)20-2/h4-6,8,11,18H,3H2,1-2H3,(H2,13,15,16). The van der Waals surface area contributed by atoms with Gasteiger partial charge < -0.3 is 20.3 Å². The van der Waals surface area contributed by atoms with Gasteiger partial charge >= 0.3 is 8.69 Å². The third-order valence-electron chi connectivity index (χ3n) is 3.85. The second kappa shape index (κ2) is 6.32. The Morgan fingerprint density at radius 2 is 2.30 bits per heavy atom. The number of aliphatic hydroxyl groups excluding tert-OH is 1. The molecule has 0 amide bonds. The van der Waals surface area contributed by atoms with Gasteiger partial charge in [-0.1, -0.05) is 6.92 Å². The molecule has 124 valence electrons. The van der Waals surface area contributed by atoms with E-state index in [1.165, 1.54) is 13.4 Å². The van der Waals surface area contributed by atoms with Gasteiger partial charge in [0.25, 0.3) is 0 Å². The van der Waals surface area contributed by atoms with Crippen molar-refractivity contribution in [3.8, 4) is 5.88 Å². The average molecular weight is 341 g/mol. The molecular formula is C12H16N5O5P. The summed E-state index contributed by atoms with van der Waals surface area (Å²) >= 11 is 0. The quantitative estimate of drug-likeness (QED) is 0.747. The maximum absolute atomic E-state index is 10.4. The topological polar surface area (TPSA) is 135 Å². The normalized spacial score (nSPS) is 27.8. The number of nitrogens with zero attached hydrogens (tertiary/aromatic N) is 4. The van der Waals surface area contributed by atoms with Gasteiger partial charge in [0.15, 0.2) is 11.2 Å². The Hall–Kier alpha value is -1.87. The molecule has 1 fully saturated rings. The highest BCUT2D eigenvalue weighted by Gasteiger charge is 2.42. The van der Waals surface area contributed by atoms with Crippen molar-refractivity contribution in [2.75, 3.05) is 19.5 Å². The van der Waals surface area contributed by atoms with Crippen LogP contribution in [0.15, 0.2) is 6.33 Å². The van der Waals surface area contributed by atoms with E-state index in [-0.39, 0.29) is 24.4 Å². The molecule has 0 bridgehead atoms. The zero-order valence-corrected chi connectivity index (χ0v) is 13.4. The Kier molecular flexibility index (Phi) is 4.40. The Bertz CT molecular complexity index is 725. The number of rotatable bonds is 5. The lowest BCUT2D eigenvalue weighted by atomic mass is 10.0. The summed E-state index contributed by atoms with van der Waals surface area (Å²) in [5, 5.41) is 10.3. The number of hydrogen-bond acceptors (Lipinski definition) is 9. The van der Waals surface area contributed by atoms with E-state index in [9.17, 15) is 9.67 Å². The van der Waals surface area contributed by atoms with Crippen molar-refractivity contribution in [1.82, 2.24) is 19.5 Å². The molecule has 0 aromatic carbocycles. The average Bonchev–Trinajstić information content (AvgIpc) is 3.07. The maximum atomic E-state index is 10.4. The van der Waals surface area contributed by atoms with Crippen LogP contribution in [0.2, 0.25) is 0 Å². The van der Waals surface area contributed by atoms with E-state index in [0.717, 1.165) is 0 Å². The molecule has 10 nitrogen and oxygen atoms in total. The number of hydrogen-bond donors (Lipinski definition) is 2. The number of nitrogen functional groups attached to an aromatic ring is 1. The van der Waals surface area contributed by atoms with E-state index in [2.05, 4.69) is 15.0 Å². The van der Waals surface area contributed by atoms with Crippen molar-refractivity contribution in [2.45, 2.75) is 25.4 Å². The zero-order chi connectivity index (χ0) is 16.6. The van der Waals surface area contributed by atoms with Crippen LogP contribution in [-0.2, 0) is 13.8 Å². The molecule has 4 atom stereocenters. The molecular weight excluding hydrogens is 325 g/mol. The van der Waals surface area contributed by atoms with Gasteiger partial charge in [-0.25, -0.2) is 9.55 Å². The van der Waals surface area contributed by atoms with Gasteiger partial charge in [-0.2, -0.15) is 9.97 Å². The van der Waals surface area contributed by atoms with E-state index >= 15 is 0 Å². The first-order valence-corrected chi connectivity index (χ1v) is 7.62. The fourth-order valence-corrected chi connectivity index (χ4v) is 2.89. The third kappa shape index (κ3) is 2.74. The molecule has 1 aliphatic rings. The summed E-state index contributed by atoms with van der Waals surface area (Å²) in [4.78, 5) is 12.4. The molecule has 0 spiro atoms. The molecule has 0 aliphatic carbocycles. The van der Waals surface area contributed by atoms with Crippen molar-refractivity contribution in [1.29, 1.82) is 0 Å². The minimum absolute atomic E-state index is 0.0140. The van der Waals surface area contributed by atoms with Gasteiger partial charge in [-0.15, -0.1) is 0 Å². The highest BCUT2D eigenvalue weighted by Crippen LogP contribution is 2.37. The molecule has 0 radical (unpaired) electrons. The van der Waals surface area contributed by atoms with Crippen LogP contribution < -0.4 is 10.5 Å². The van der Waals surface area contributed by atoms with Crippen LogP contribution in [0.3, 0.4) is 0 Å². The number of aliphatic hydroxyl groups is 1. The summed E-state index contributed by atoms with van der Waals surface area (Å²) < 4.78 is 27.8. The molecule has 4 unspecified atom stereocenters. The van der Waals surface area contributed by atoms with Crippen LogP contribution in [-0.4, -0.2) is 50.6 Å². The van der Waals surface area contributed by atoms with E-state index in [1.54, 1.807) is 4.57 Å². The lowest BCUT2D eigenvalue weighted by Gasteiger charge is -2.17. The van der Waals surface area contributed by atoms with Crippen LogP contribution in [0.25, 0.3) is 11.2 Å². The van der Waals surface area contributed by atoms with Crippen LogP contribution >= 0.6 is 8.69 Å². The predicted molar refractivity (Wildman–Crippen MR) is 78.9 cm³/mol. The Balaban J connectivity index is 1.97. The Morgan fingerprint density at radius 1 is 1.52 bits per heavy atom. The van der Waals surface area contributed by atoms with Gasteiger partial charge in [-0.3, -0.25) is 9.09 Å². The van der Waals surface area contributed by atoms with Crippen LogP contribution in [0.4, 0.5) is 5.95 Å². The monoisotopic (exact) mass is 341 g/mol. The smallest absolute Gasteiger partial charge is 0.327 e. The first kappa shape index (κ1) is 16.0. The van der Waals surface area contributed by atoms with Gasteiger partial charge in [0.05, 0.1) is 26.1 Å². The predicted octanol–water partition coefficient (Wildman–Crippen LogP) is 0.535. The number of nitrogens with two attached hydrogens (primary N) is 1. The van der Waals surface area contributed by atoms with Crippen LogP contribution in [0.5, 0.6) is 5.88 Å². The van der Waals surface area contributed by atoms with Crippen molar-refractivity contribution in [3.05, 3.63) is 6.33 Å². The van der Waals surface area contributed by atoms with E-state index in [0.29, 0.717) is 11.2 Å². The molecule has 2 aromatic rings. The molecule has 0 saturated carbocycles. The van der Waals surface area contributed by atoms with Crippen LogP contribution in [0.1, 0.15) is 13.2 Å². The maximum Gasteiger partial charge on any atom is 0.327 e. The molecule has 3 heterocycles. The summed E-state index contributed by atoms with van der Waals surface area (Å²) in [6, 6.07) is 0. The SMILES string of the molecule is COc1nc(N)nc2c1ncn2C1OC(COP=O)C(O)C1C. The first-order chi connectivity index (χ1) is 11.1. The number of ether oxygens (including phenoxy) is 2. The minimum atomic E-state index is -0.778. The van der Waals surface area contributed by atoms with Crippen molar-refractivity contribution >= 4 is 25.8 Å². The van der Waals surface area contributed by atoms with Crippen molar-refractivity contribution in [3.63, 3.8) is 0 Å². The zero-order valence-electron chi connectivity index (χ0n) is 12.5. The fourth-order valence-electron chi connectivity index (χ4n) is 2.69. The number of anilines is 1. The summed E-state index contributed by atoms with van der Waals surface area (Å²) in [5.41, 5.74) is 6.59. The van der Waals surface area contributed by atoms with E-state index in [4.69, 9.17) is 19.7 Å². The molecule has 11 heteroatoms. The largest absolute Gasteiger partial charge is 0.479 e. The van der Waals surface area contributed by atoms with E-state index < -0.39 is 27.1 Å². The molecule has 1 saturated heterocycles. The van der Waals surface area contributed by atoms with Gasteiger partial charge in [0.1, 0.15) is 12.3 Å². The van der Waals surface area contributed by atoms with Crippen molar-refractivity contribution < 1.29 is 23.7 Å². The van der Waals surface area contributed by atoms with Gasteiger partial charge in [-0.05, 0) is 0 Å². The number of imidazole rings is 1. The Morgan fingerprint density at radius 3 is 3.00 bits per heavy atom. The molecule has 3 N–H and O–H groups in total. The number of methoxy groups -OCH3 is 1. The fraction of sp³-hybridized carbons (Fsp3) is 0.583. The lowest BCUT2D eigenvalue weighted by Crippen LogP contribution is -2.28. The Labute approximate surface area is 132 Å². The minimum Gasteiger partial charge on any atom is -0.479 e. The molecule has 1 aliphatic heterocycles. The second-order valence-corrected chi connectivity index (χ2v) is 5.61. The summed E-state index contributed by atoms with van der Waals surface area (Å²) in [6.07, 6.45) is -0.370. The van der Waals surface area contributed by atoms with Gasteiger partial charge in [0.2, 0.25) is 11.8 Å². The van der Waals surface area contributed by atoms with E-state index in [1.807, 2.05) is 6.92 Å². The summed E-state index contributed by atoms with van der Waals surface area (Å²) in [7, 11) is 1.01. The third-order valence-corrected chi connectivity index (χ3v) is 4.10. The first-order valence-electron chi connectivity index (χ1n) is 6.89. The highest BCUT2D eigenvalue weighted by molar-refractivity contribution is 7.17. The summed E-state index contributed by atoms with van der Waals surface area (Å²) in [6.45, 7) is 1.85. The number of aromatic nitrogens is 4. The molecule has 2 aromatic heterocycles. The lowest BCUT2D eigenvalue weighted by molar-refractivity contribution is -0.0380. The highest BCUT2D eigenvalue weighted by atomic mass is 31.1.